The Labute approximate surface area is 115 Å². The maximum absolute atomic E-state index is 4.97. The molecule has 1 heterocycles. The Kier molecular flexibility index (Phi) is 4.92. The van der Waals surface area contributed by atoms with Crippen LogP contribution in [0.1, 0.15) is 5.82 Å². The number of nitrogens with zero attached hydrogens (tertiary/aromatic N) is 1. The van der Waals surface area contributed by atoms with Crippen molar-refractivity contribution >= 4 is 15.9 Å². The predicted octanol–water partition coefficient (Wildman–Crippen LogP) is 2.58. The molecule has 0 saturated heterocycles. The van der Waals surface area contributed by atoms with E-state index in [1.54, 1.807) is 7.11 Å². The van der Waals surface area contributed by atoms with Gasteiger partial charge in [-0.1, -0.05) is 28.1 Å². The fourth-order valence-electron chi connectivity index (χ4n) is 1.64. The van der Waals surface area contributed by atoms with Crippen LogP contribution in [0, 0.1) is 0 Å². The van der Waals surface area contributed by atoms with Crippen molar-refractivity contribution in [3.8, 4) is 11.3 Å². The van der Waals surface area contributed by atoms with Crippen LogP contribution in [0.2, 0.25) is 0 Å². The highest BCUT2D eigenvalue weighted by Gasteiger charge is 2.03. The summed E-state index contributed by atoms with van der Waals surface area (Å²) in [5.74, 6) is 0.932. The van der Waals surface area contributed by atoms with Crippen molar-refractivity contribution in [1.29, 1.82) is 0 Å². The number of H-pyrrole nitrogens is 1. The van der Waals surface area contributed by atoms with E-state index in [9.17, 15) is 0 Å². The first-order valence-electron chi connectivity index (χ1n) is 5.79. The molecule has 18 heavy (non-hydrogen) atoms. The molecule has 2 rings (SSSR count). The first-order chi connectivity index (χ1) is 8.79. The molecule has 0 atom stereocenters. The monoisotopic (exact) mass is 309 g/mol. The summed E-state index contributed by atoms with van der Waals surface area (Å²) in [4.78, 5) is 7.64. The third-order valence-electron chi connectivity index (χ3n) is 2.54. The minimum atomic E-state index is 0.708. The molecule has 0 radical (unpaired) electrons. The second-order valence-corrected chi connectivity index (χ2v) is 4.84. The van der Waals surface area contributed by atoms with Crippen molar-refractivity contribution in [2.45, 2.75) is 6.54 Å². The van der Waals surface area contributed by atoms with E-state index in [2.05, 4.69) is 43.3 Å². The van der Waals surface area contributed by atoms with Crippen molar-refractivity contribution in [2.75, 3.05) is 20.3 Å². The molecule has 0 amide bonds. The molecular formula is C13H16BrN3O. The summed E-state index contributed by atoms with van der Waals surface area (Å²) in [5, 5.41) is 3.25. The molecule has 1 aromatic heterocycles. The van der Waals surface area contributed by atoms with Crippen molar-refractivity contribution in [2.24, 2.45) is 0 Å². The summed E-state index contributed by atoms with van der Waals surface area (Å²) < 4.78 is 6.03. The quantitative estimate of drug-likeness (QED) is 0.806. The predicted molar refractivity (Wildman–Crippen MR) is 75.3 cm³/mol. The first-order valence-corrected chi connectivity index (χ1v) is 6.58. The van der Waals surface area contributed by atoms with Crippen molar-refractivity contribution in [1.82, 2.24) is 15.3 Å². The topological polar surface area (TPSA) is 49.9 Å². The Morgan fingerprint density at radius 1 is 1.44 bits per heavy atom. The van der Waals surface area contributed by atoms with E-state index < -0.39 is 0 Å². The summed E-state index contributed by atoms with van der Waals surface area (Å²) in [6.45, 7) is 2.25. The number of nitrogens with one attached hydrogen (secondary N) is 2. The smallest absolute Gasteiger partial charge is 0.120 e. The largest absolute Gasteiger partial charge is 0.383 e. The van der Waals surface area contributed by atoms with Crippen molar-refractivity contribution in [3.63, 3.8) is 0 Å². The Morgan fingerprint density at radius 2 is 2.33 bits per heavy atom. The number of methoxy groups -OCH3 is 1. The molecule has 96 valence electrons. The van der Waals surface area contributed by atoms with Gasteiger partial charge in [-0.15, -0.1) is 0 Å². The molecule has 0 spiro atoms. The SMILES string of the molecule is COCCNCc1ncc(-c2cccc(Br)c2)[nH]1. The van der Waals surface area contributed by atoms with Crippen LogP contribution >= 0.6 is 15.9 Å². The lowest BCUT2D eigenvalue weighted by molar-refractivity contribution is 0.199. The average Bonchev–Trinajstić information content (AvgIpc) is 2.83. The molecule has 0 aliphatic rings. The number of aromatic nitrogens is 2. The van der Waals surface area contributed by atoms with Gasteiger partial charge in [0.25, 0.3) is 0 Å². The van der Waals surface area contributed by atoms with Gasteiger partial charge in [0.2, 0.25) is 0 Å². The first kappa shape index (κ1) is 13.3. The lowest BCUT2D eigenvalue weighted by atomic mass is 10.2. The fourth-order valence-corrected chi connectivity index (χ4v) is 2.04. The molecule has 0 aliphatic heterocycles. The maximum atomic E-state index is 4.97. The standard InChI is InChI=1S/C13H16BrN3O/c1-18-6-5-15-9-13-16-8-12(17-13)10-3-2-4-11(14)7-10/h2-4,7-8,15H,5-6,9H2,1H3,(H,16,17). The normalized spacial score (nSPS) is 10.8. The Morgan fingerprint density at radius 3 is 3.11 bits per heavy atom. The molecule has 0 saturated carbocycles. The van der Waals surface area contributed by atoms with Gasteiger partial charge in [-0.25, -0.2) is 4.98 Å². The number of benzene rings is 1. The van der Waals surface area contributed by atoms with Crippen LogP contribution in [0.25, 0.3) is 11.3 Å². The molecule has 1 aromatic carbocycles. The number of ether oxygens (including phenoxy) is 1. The fraction of sp³-hybridized carbons (Fsp3) is 0.308. The van der Waals surface area contributed by atoms with E-state index in [0.717, 1.165) is 34.6 Å². The highest BCUT2D eigenvalue weighted by atomic mass is 79.9. The zero-order valence-electron chi connectivity index (χ0n) is 10.2. The lowest BCUT2D eigenvalue weighted by Gasteiger charge is -2.01. The van der Waals surface area contributed by atoms with Crippen LogP contribution in [-0.2, 0) is 11.3 Å². The third kappa shape index (κ3) is 3.66. The molecule has 0 unspecified atom stereocenters. The Balaban J connectivity index is 1.97. The van der Waals surface area contributed by atoms with Gasteiger partial charge in [0.1, 0.15) is 5.82 Å². The van der Waals surface area contributed by atoms with E-state index in [0.29, 0.717) is 6.61 Å². The number of hydrogen-bond acceptors (Lipinski definition) is 3. The van der Waals surface area contributed by atoms with Crippen LogP contribution in [-0.4, -0.2) is 30.2 Å². The molecule has 5 heteroatoms. The van der Waals surface area contributed by atoms with Crippen LogP contribution in [0.15, 0.2) is 34.9 Å². The number of halogens is 1. The summed E-state index contributed by atoms with van der Waals surface area (Å²) in [7, 11) is 1.69. The molecule has 0 aliphatic carbocycles. The van der Waals surface area contributed by atoms with E-state index in [-0.39, 0.29) is 0 Å². The number of hydrogen-bond donors (Lipinski definition) is 2. The van der Waals surface area contributed by atoms with Gasteiger partial charge in [-0.05, 0) is 12.1 Å². The molecule has 2 aromatic rings. The van der Waals surface area contributed by atoms with Crippen LogP contribution in [0.4, 0.5) is 0 Å². The van der Waals surface area contributed by atoms with Gasteiger partial charge in [0, 0.05) is 23.7 Å². The van der Waals surface area contributed by atoms with Crippen LogP contribution < -0.4 is 5.32 Å². The maximum Gasteiger partial charge on any atom is 0.120 e. The van der Waals surface area contributed by atoms with Crippen LogP contribution in [0.3, 0.4) is 0 Å². The van der Waals surface area contributed by atoms with E-state index in [1.807, 2.05) is 18.3 Å². The number of imidazole rings is 1. The van der Waals surface area contributed by atoms with Gasteiger partial charge in [0.05, 0.1) is 25.0 Å². The summed E-state index contributed by atoms with van der Waals surface area (Å²) in [5.41, 5.74) is 2.15. The highest BCUT2D eigenvalue weighted by Crippen LogP contribution is 2.21. The molecular weight excluding hydrogens is 294 g/mol. The second kappa shape index (κ2) is 6.68. The van der Waals surface area contributed by atoms with Gasteiger partial charge >= 0.3 is 0 Å². The highest BCUT2D eigenvalue weighted by molar-refractivity contribution is 9.10. The summed E-state index contributed by atoms with van der Waals surface area (Å²) >= 11 is 3.46. The Hall–Kier alpha value is -1.17. The lowest BCUT2D eigenvalue weighted by Crippen LogP contribution is -2.19. The zero-order chi connectivity index (χ0) is 12.8. The van der Waals surface area contributed by atoms with Gasteiger partial charge < -0.3 is 15.0 Å². The van der Waals surface area contributed by atoms with Gasteiger partial charge in [-0.2, -0.15) is 0 Å². The summed E-state index contributed by atoms with van der Waals surface area (Å²) in [6, 6.07) is 8.14. The van der Waals surface area contributed by atoms with Gasteiger partial charge in [0.15, 0.2) is 0 Å². The van der Waals surface area contributed by atoms with Gasteiger partial charge in [-0.3, -0.25) is 0 Å². The van der Waals surface area contributed by atoms with E-state index >= 15 is 0 Å². The van der Waals surface area contributed by atoms with E-state index in [1.165, 1.54) is 0 Å². The molecule has 2 N–H and O–H groups in total. The average molecular weight is 310 g/mol. The van der Waals surface area contributed by atoms with Crippen molar-refractivity contribution < 1.29 is 4.74 Å². The zero-order valence-corrected chi connectivity index (χ0v) is 11.8. The number of aromatic amines is 1. The minimum Gasteiger partial charge on any atom is -0.383 e. The number of rotatable bonds is 6. The molecule has 0 bridgehead atoms. The van der Waals surface area contributed by atoms with Crippen molar-refractivity contribution in [3.05, 3.63) is 40.8 Å². The Bertz CT molecular complexity index is 498. The third-order valence-corrected chi connectivity index (χ3v) is 3.03. The van der Waals surface area contributed by atoms with E-state index in [4.69, 9.17) is 4.74 Å². The van der Waals surface area contributed by atoms with Crippen LogP contribution in [0.5, 0.6) is 0 Å². The summed E-state index contributed by atoms with van der Waals surface area (Å²) in [6.07, 6.45) is 1.86. The molecule has 0 fully saturated rings. The minimum absolute atomic E-state index is 0.708. The second-order valence-electron chi connectivity index (χ2n) is 3.92. The molecule has 4 nitrogen and oxygen atoms in total.